The van der Waals surface area contributed by atoms with Crippen molar-refractivity contribution >= 4 is 23.4 Å². The topological polar surface area (TPSA) is 73.7 Å². The summed E-state index contributed by atoms with van der Waals surface area (Å²) in [5.41, 5.74) is 0.139. The van der Waals surface area contributed by atoms with Crippen molar-refractivity contribution in [3.63, 3.8) is 0 Å². The molecule has 98 valence electrons. The first-order valence-corrected chi connectivity index (χ1v) is 6.28. The molecule has 5 nitrogen and oxygen atoms in total. The number of hydrogen-bond donors (Lipinski definition) is 2. The maximum absolute atomic E-state index is 11.0. The number of rotatable bonds is 4. The van der Waals surface area contributed by atoms with Crippen LogP contribution in [0.2, 0.25) is 5.15 Å². The van der Waals surface area contributed by atoms with Crippen molar-refractivity contribution in [2.45, 2.75) is 25.3 Å². The normalized spacial score (nSPS) is 19.2. The van der Waals surface area contributed by atoms with Gasteiger partial charge in [0, 0.05) is 19.2 Å². The molecule has 0 aliphatic carbocycles. The van der Waals surface area contributed by atoms with Gasteiger partial charge in [0.25, 0.3) is 0 Å². The molecule has 0 spiro atoms. The van der Waals surface area contributed by atoms with E-state index in [0.717, 1.165) is 19.4 Å². The smallest absolute Gasteiger partial charge is 0.335 e. The second-order valence-electron chi connectivity index (χ2n) is 4.34. The molecule has 1 aliphatic rings. The van der Waals surface area contributed by atoms with Crippen LogP contribution in [0.25, 0.3) is 0 Å². The molecule has 1 unspecified atom stereocenters. The summed E-state index contributed by atoms with van der Waals surface area (Å²) in [7, 11) is 0. The second kappa shape index (κ2) is 5.54. The fraction of sp³-hybridized carbons (Fsp3) is 0.500. The highest BCUT2D eigenvalue weighted by molar-refractivity contribution is 6.29. The van der Waals surface area contributed by atoms with Crippen molar-refractivity contribution in [2.75, 3.05) is 18.1 Å². The zero-order valence-corrected chi connectivity index (χ0v) is 10.6. The fourth-order valence-electron chi connectivity index (χ4n) is 2.34. The van der Waals surface area contributed by atoms with Gasteiger partial charge in [-0.2, -0.15) is 0 Å². The lowest BCUT2D eigenvalue weighted by Crippen LogP contribution is -2.30. The Balaban J connectivity index is 2.29. The number of pyridine rings is 1. The van der Waals surface area contributed by atoms with E-state index < -0.39 is 5.97 Å². The van der Waals surface area contributed by atoms with Gasteiger partial charge >= 0.3 is 5.97 Å². The monoisotopic (exact) mass is 270 g/mol. The van der Waals surface area contributed by atoms with Crippen LogP contribution in [0.5, 0.6) is 0 Å². The Morgan fingerprint density at radius 1 is 1.56 bits per heavy atom. The minimum absolute atomic E-state index is 0.119. The van der Waals surface area contributed by atoms with E-state index in [9.17, 15) is 4.79 Å². The first-order valence-electron chi connectivity index (χ1n) is 5.90. The number of halogens is 1. The molecular formula is C12H15ClN2O3. The van der Waals surface area contributed by atoms with Gasteiger partial charge in [0.2, 0.25) is 0 Å². The van der Waals surface area contributed by atoms with Gasteiger partial charge in [-0.1, -0.05) is 11.6 Å². The van der Waals surface area contributed by atoms with E-state index >= 15 is 0 Å². The molecular weight excluding hydrogens is 256 g/mol. The molecule has 2 heterocycles. The van der Waals surface area contributed by atoms with E-state index in [2.05, 4.69) is 4.98 Å². The van der Waals surface area contributed by atoms with Crippen LogP contribution >= 0.6 is 11.6 Å². The number of aliphatic hydroxyl groups is 1. The minimum Gasteiger partial charge on any atom is -0.478 e. The molecule has 1 aromatic rings. The summed E-state index contributed by atoms with van der Waals surface area (Å²) >= 11 is 5.85. The molecule has 0 amide bonds. The van der Waals surface area contributed by atoms with Gasteiger partial charge in [-0.25, -0.2) is 9.78 Å². The summed E-state index contributed by atoms with van der Waals surface area (Å²) in [4.78, 5) is 17.2. The lowest BCUT2D eigenvalue weighted by molar-refractivity contribution is 0.0696. The number of aromatic carboxylic acids is 1. The summed E-state index contributed by atoms with van der Waals surface area (Å²) in [6.07, 6.45) is 2.66. The van der Waals surface area contributed by atoms with Crippen LogP contribution < -0.4 is 4.90 Å². The number of anilines is 1. The van der Waals surface area contributed by atoms with E-state index in [4.69, 9.17) is 21.8 Å². The SMILES string of the molecule is O=C(O)c1cc(Cl)nc(N2CCCC2CCO)c1. The predicted octanol–water partition coefficient (Wildman–Crippen LogP) is 1.78. The van der Waals surface area contributed by atoms with Gasteiger partial charge in [0.1, 0.15) is 11.0 Å². The van der Waals surface area contributed by atoms with Gasteiger partial charge in [0.15, 0.2) is 0 Å². The number of carboxylic acids is 1. The van der Waals surface area contributed by atoms with Crippen LogP contribution in [0, 0.1) is 0 Å². The lowest BCUT2D eigenvalue weighted by atomic mass is 10.1. The number of carboxylic acid groups (broad SMARTS) is 1. The van der Waals surface area contributed by atoms with Gasteiger partial charge in [-0.15, -0.1) is 0 Å². The van der Waals surface area contributed by atoms with Crippen molar-refractivity contribution in [3.05, 3.63) is 22.8 Å². The Labute approximate surface area is 110 Å². The summed E-state index contributed by atoms with van der Waals surface area (Å²) < 4.78 is 0. The van der Waals surface area contributed by atoms with Gasteiger partial charge in [-0.3, -0.25) is 0 Å². The summed E-state index contributed by atoms with van der Waals surface area (Å²) in [6, 6.07) is 3.08. The van der Waals surface area contributed by atoms with Gasteiger partial charge in [0.05, 0.1) is 5.56 Å². The Morgan fingerprint density at radius 2 is 2.33 bits per heavy atom. The van der Waals surface area contributed by atoms with E-state index in [1.165, 1.54) is 12.1 Å². The highest BCUT2D eigenvalue weighted by Gasteiger charge is 2.26. The lowest BCUT2D eigenvalue weighted by Gasteiger charge is -2.25. The van der Waals surface area contributed by atoms with E-state index in [-0.39, 0.29) is 23.4 Å². The third-order valence-electron chi connectivity index (χ3n) is 3.16. The first-order chi connectivity index (χ1) is 8.61. The Hall–Kier alpha value is -1.33. The van der Waals surface area contributed by atoms with Crippen molar-refractivity contribution < 1.29 is 15.0 Å². The molecule has 2 rings (SSSR count). The summed E-state index contributed by atoms with van der Waals surface area (Å²) in [6.45, 7) is 0.935. The number of nitrogens with zero attached hydrogens (tertiary/aromatic N) is 2. The van der Waals surface area contributed by atoms with Crippen molar-refractivity contribution in [2.24, 2.45) is 0 Å². The molecule has 6 heteroatoms. The molecule has 0 radical (unpaired) electrons. The van der Waals surface area contributed by atoms with E-state index in [1.807, 2.05) is 4.90 Å². The van der Waals surface area contributed by atoms with Crippen LogP contribution in [0.15, 0.2) is 12.1 Å². The van der Waals surface area contributed by atoms with Gasteiger partial charge in [-0.05, 0) is 31.4 Å². The van der Waals surface area contributed by atoms with Gasteiger partial charge < -0.3 is 15.1 Å². The zero-order valence-electron chi connectivity index (χ0n) is 9.84. The molecule has 1 aliphatic heterocycles. The minimum atomic E-state index is -1.02. The summed E-state index contributed by atoms with van der Waals surface area (Å²) in [5.74, 6) is -0.436. The summed E-state index contributed by atoms with van der Waals surface area (Å²) in [5, 5.41) is 18.2. The Bertz CT molecular complexity index is 453. The van der Waals surface area contributed by atoms with Crippen LogP contribution in [-0.2, 0) is 0 Å². The number of aromatic nitrogens is 1. The Morgan fingerprint density at radius 3 is 3.00 bits per heavy atom. The Kier molecular flexibility index (Phi) is 4.04. The molecule has 1 fully saturated rings. The standard InChI is InChI=1S/C12H15ClN2O3/c13-10-6-8(12(17)18)7-11(14-10)15-4-1-2-9(15)3-5-16/h6-7,9,16H,1-5H2,(H,17,18). The average Bonchev–Trinajstić information content (AvgIpc) is 2.77. The predicted molar refractivity (Wildman–Crippen MR) is 68.3 cm³/mol. The number of carbonyl (C=O) groups is 1. The van der Waals surface area contributed by atoms with Crippen molar-refractivity contribution in [1.82, 2.24) is 4.98 Å². The average molecular weight is 271 g/mol. The van der Waals surface area contributed by atoms with E-state index in [0.29, 0.717) is 12.2 Å². The molecule has 1 aromatic heterocycles. The third-order valence-corrected chi connectivity index (χ3v) is 3.35. The third kappa shape index (κ3) is 2.73. The van der Waals surface area contributed by atoms with Crippen LogP contribution in [0.3, 0.4) is 0 Å². The largest absolute Gasteiger partial charge is 0.478 e. The number of aliphatic hydroxyl groups excluding tert-OH is 1. The quantitative estimate of drug-likeness (QED) is 0.816. The molecule has 1 atom stereocenters. The number of hydrogen-bond acceptors (Lipinski definition) is 4. The molecule has 0 aromatic carbocycles. The maximum Gasteiger partial charge on any atom is 0.335 e. The maximum atomic E-state index is 11.0. The molecule has 2 N–H and O–H groups in total. The van der Waals surface area contributed by atoms with Crippen molar-refractivity contribution in [1.29, 1.82) is 0 Å². The highest BCUT2D eigenvalue weighted by Crippen LogP contribution is 2.27. The van der Waals surface area contributed by atoms with Crippen LogP contribution in [0.4, 0.5) is 5.82 Å². The first kappa shape index (κ1) is 13.1. The van der Waals surface area contributed by atoms with Crippen LogP contribution in [-0.4, -0.2) is 40.4 Å². The molecule has 0 saturated carbocycles. The van der Waals surface area contributed by atoms with E-state index in [1.54, 1.807) is 0 Å². The zero-order chi connectivity index (χ0) is 13.1. The molecule has 0 bridgehead atoms. The van der Waals surface area contributed by atoms with Crippen LogP contribution in [0.1, 0.15) is 29.6 Å². The molecule has 1 saturated heterocycles. The fourth-order valence-corrected chi connectivity index (χ4v) is 2.54. The van der Waals surface area contributed by atoms with Crippen molar-refractivity contribution in [3.8, 4) is 0 Å². The molecule has 18 heavy (non-hydrogen) atoms. The highest BCUT2D eigenvalue weighted by atomic mass is 35.5. The second-order valence-corrected chi connectivity index (χ2v) is 4.73.